The summed E-state index contributed by atoms with van der Waals surface area (Å²) in [6.45, 7) is 1.60. The average molecular weight is 326 g/mol. The van der Waals surface area contributed by atoms with Crippen LogP contribution in [0.3, 0.4) is 0 Å². The van der Waals surface area contributed by atoms with E-state index in [4.69, 9.17) is 4.52 Å². The molecule has 1 heterocycles. The summed E-state index contributed by atoms with van der Waals surface area (Å²) >= 11 is 0. The number of nitrogens with zero attached hydrogens (tertiary/aromatic N) is 1. The molecule has 0 spiro atoms. The number of aryl methyl sites for hydroxylation is 1. The van der Waals surface area contributed by atoms with Crippen molar-refractivity contribution in [1.82, 2.24) is 10.5 Å². The summed E-state index contributed by atoms with van der Waals surface area (Å²) in [6, 6.07) is 7.44. The minimum atomic E-state index is -3.67. The fourth-order valence-corrected chi connectivity index (χ4v) is 3.01. The molecule has 0 saturated carbocycles. The molecule has 0 atom stereocenters. The SMILES string of the molecule is Cc1cc(CS(=O)(=O)CC(=O)NCc2ccccc2F)on1. The van der Waals surface area contributed by atoms with Crippen LogP contribution in [0.5, 0.6) is 0 Å². The Balaban J connectivity index is 1.89. The summed E-state index contributed by atoms with van der Waals surface area (Å²) in [6.07, 6.45) is 0. The van der Waals surface area contributed by atoms with Gasteiger partial charge in [0.25, 0.3) is 0 Å². The molecule has 1 N–H and O–H groups in total. The Bertz CT molecular complexity index is 771. The highest BCUT2D eigenvalue weighted by Crippen LogP contribution is 2.09. The Morgan fingerprint density at radius 3 is 2.73 bits per heavy atom. The van der Waals surface area contributed by atoms with Crippen molar-refractivity contribution >= 4 is 15.7 Å². The van der Waals surface area contributed by atoms with Crippen molar-refractivity contribution in [3.05, 3.63) is 53.2 Å². The summed E-state index contributed by atoms with van der Waals surface area (Å²) in [5, 5.41) is 5.97. The van der Waals surface area contributed by atoms with Gasteiger partial charge in [0, 0.05) is 18.2 Å². The van der Waals surface area contributed by atoms with Crippen molar-refractivity contribution in [2.24, 2.45) is 0 Å². The molecule has 0 fully saturated rings. The Kier molecular flexibility index (Phi) is 4.92. The lowest BCUT2D eigenvalue weighted by Crippen LogP contribution is -2.30. The highest BCUT2D eigenvalue weighted by molar-refractivity contribution is 7.91. The number of hydrogen-bond donors (Lipinski definition) is 1. The monoisotopic (exact) mass is 326 g/mol. The highest BCUT2D eigenvalue weighted by Gasteiger charge is 2.19. The molecule has 0 aliphatic rings. The van der Waals surface area contributed by atoms with Crippen molar-refractivity contribution in [2.75, 3.05) is 5.75 Å². The molecule has 1 amide bonds. The van der Waals surface area contributed by atoms with Crippen LogP contribution in [0.25, 0.3) is 0 Å². The lowest BCUT2D eigenvalue weighted by Gasteiger charge is -2.06. The lowest BCUT2D eigenvalue weighted by atomic mass is 10.2. The van der Waals surface area contributed by atoms with Crippen LogP contribution in [0.1, 0.15) is 17.0 Å². The summed E-state index contributed by atoms with van der Waals surface area (Å²) in [5.41, 5.74) is 0.855. The molecule has 0 radical (unpaired) electrons. The van der Waals surface area contributed by atoms with Gasteiger partial charge >= 0.3 is 0 Å². The highest BCUT2D eigenvalue weighted by atomic mass is 32.2. The Morgan fingerprint density at radius 1 is 1.36 bits per heavy atom. The molecule has 1 aromatic carbocycles. The zero-order valence-corrected chi connectivity index (χ0v) is 12.7. The molecule has 0 bridgehead atoms. The number of carbonyl (C=O) groups is 1. The van der Waals surface area contributed by atoms with E-state index in [0.717, 1.165) is 0 Å². The smallest absolute Gasteiger partial charge is 0.235 e. The van der Waals surface area contributed by atoms with E-state index in [1.54, 1.807) is 13.0 Å². The first-order chi connectivity index (χ1) is 10.4. The van der Waals surface area contributed by atoms with Gasteiger partial charge in [-0.05, 0) is 13.0 Å². The fourth-order valence-electron chi connectivity index (χ4n) is 1.84. The number of rotatable bonds is 6. The Labute approximate surface area is 127 Å². The molecule has 0 saturated heterocycles. The van der Waals surface area contributed by atoms with Gasteiger partial charge in [0.2, 0.25) is 5.91 Å². The summed E-state index contributed by atoms with van der Waals surface area (Å²) < 4.78 is 41.9. The van der Waals surface area contributed by atoms with Crippen molar-refractivity contribution in [1.29, 1.82) is 0 Å². The molecular weight excluding hydrogens is 311 g/mol. The van der Waals surface area contributed by atoms with Gasteiger partial charge < -0.3 is 9.84 Å². The van der Waals surface area contributed by atoms with Crippen molar-refractivity contribution in [3.63, 3.8) is 0 Å². The Hall–Kier alpha value is -2.22. The van der Waals surface area contributed by atoms with Crippen LogP contribution in [-0.4, -0.2) is 25.2 Å². The van der Waals surface area contributed by atoms with E-state index in [-0.39, 0.29) is 12.3 Å². The zero-order valence-electron chi connectivity index (χ0n) is 11.9. The lowest BCUT2D eigenvalue weighted by molar-refractivity contribution is -0.118. The average Bonchev–Trinajstić information content (AvgIpc) is 2.81. The third-order valence-corrected chi connectivity index (χ3v) is 4.25. The topological polar surface area (TPSA) is 89.3 Å². The van der Waals surface area contributed by atoms with Crippen LogP contribution in [0.2, 0.25) is 0 Å². The van der Waals surface area contributed by atoms with Gasteiger partial charge in [-0.3, -0.25) is 4.79 Å². The predicted octanol–water partition coefficient (Wildman–Crippen LogP) is 1.35. The minimum Gasteiger partial charge on any atom is -0.360 e. The zero-order chi connectivity index (χ0) is 16.2. The van der Waals surface area contributed by atoms with Crippen LogP contribution < -0.4 is 5.32 Å². The maximum atomic E-state index is 13.4. The Morgan fingerprint density at radius 2 is 2.09 bits per heavy atom. The van der Waals surface area contributed by atoms with Crippen molar-refractivity contribution in [3.8, 4) is 0 Å². The van der Waals surface area contributed by atoms with Crippen LogP contribution >= 0.6 is 0 Å². The molecule has 8 heteroatoms. The summed E-state index contributed by atoms with van der Waals surface area (Å²) in [4.78, 5) is 11.7. The van der Waals surface area contributed by atoms with Gasteiger partial charge in [-0.2, -0.15) is 0 Å². The summed E-state index contributed by atoms with van der Waals surface area (Å²) in [7, 11) is -3.67. The first kappa shape index (κ1) is 16.2. The number of sulfone groups is 1. The van der Waals surface area contributed by atoms with Crippen molar-refractivity contribution in [2.45, 2.75) is 19.2 Å². The summed E-state index contributed by atoms with van der Waals surface area (Å²) in [5.74, 6) is -2.07. The molecule has 1 aromatic heterocycles. The van der Waals surface area contributed by atoms with Gasteiger partial charge in [0.15, 0.2) is 15.6 Å². The van der Waals surface area contributed by atoms with E-state index in [1.807, 2.05) is 0 Å². The van der Waals surface area contributed by atoms with Gasteiger partial charge in [-0.15, -0.1) is 0 Å². The molecule has 2 aromatic rings. The maximum Gasteiger partial charge on any atom is 0.235 e. The number of benzene rings is 1. The molecule has 22 heavy (non-hydrogen) atoms. The molecule has 0 aliphatic heterocycles. The van der Waals surface area contributed by atoms with Gasteiger partial charge in [-0.25, -0.2) is 12.8 Å². The molecule has 2 rings (SSSR count). The second-order valence-electron chi connectivity index (χ2n) is 4.83. The first-order valence-electron chi connectivity index (χ1n) is 6.48. The van der Waals surface area contributed by atoms with Gasteiger partial charge in [-0.1, -0.05) is 23.4 Å². The minimum absolute atomic E-state index is 0.0670. The van der Waals surface area contributed by atoms with Gasteiger partial charge in [0.05, 0.1) is 5.69 Å². The van der Waals surface area contributed by atoms with Crippen molar-refractivity contribution < 1.29 is 22.1 Å². The quantitative estimate of drug-likeness (QED) is 0.865. The second kappa shape index (κ2) is 6.69. The fraction of sp³-hybridized carbons (Fsp3) is 0.286. The second-order valence-corrected chi connectivity index (χ2v) is 6.90. The molecule has 6 nitrogen and oxygen atoms in total. The van der Waals surface area contributed by atoms with E-state index in [9.17, 15) is 17.6 Å². The van der Waals surface area contributed by atoms with Crippen LogP contribution in [0.15, 0.2) is 34.9 Å². The van der Waals surface area contributed by atoms with E-state index in [1.165, 1.54) is 24.3 Å². The molecule has 0 unspecified atom stereocenters. The maximum absolute atomic E-state index is 13.4. The van der Waals surface area contributed by atoms with E-state index in [2.05, 4.69) is 10.5 Å². The normalized spacial score (nSPS) is 11.4. The van der Waals surface area contributed by atoms with E-state index in [0.29, 0.717) is 11.3 Å². The number of nitrogens with one attached hydrogen (secondary N) is 1. The predicted molar refractivity (Wildman–Crippen MR) is 77.0 cm³/mol. The molecule has 118 valence electrons. The molecule has 0 aliphatic carbocycles. The largest absolute Gasteiger partial charge is 0.360 e. The van der Waals surface area contributed by atoms with E-state index < -0.39 is 33.1 Å². The number of halogens is 1. The first-order valence-corrected chi connectivity index (χ1v) is 8.30. The number of carbonyl (C=O) groups excluding carboxylic acids is 1. The number of aromatic nitrogens is 1. The number of hydrogen-bond acceptors (Lipinski definition) is 5. The number of amides is 1. The third kappa shape index (κ3) is 4.66. The van der Waals surface area contributed by atoms with Crippen LogP contribution in [0, 0.1) is 12.7 Å². The van der Waals surface area contributed by atoms with Crippen LogP contribution in [0.4, 0.5) is 4.39 Å². The van der Waals surface area contributed by atoms with E-state index >= 15 is 0 Å². The van der Waals surface area contributed by atoms with Gasteiger partial charge in [0.1, 0.15) is 17.3 Å². The third-order valence-electron chi connectivity index (χ3n) is 2.82. The molecular formula is C14H15FN2O4S. The standard InChI is InChI=1S/C14H15FN2O4S/c1-10-6-12(21-17-10)8-22(19,20)9-14(18)16-7-11-4-2-3-5-13(11)15/h2-6H,7-9H2,1H3,(H,16,18). The van der Waals surface area contributed by atoms with Crippen LogP contribution in [-0.2, 0) is 26.9 Å².